The van der Waals surface area contributed by atoms with Crippen LogP contribution in [0.3, 0.4) is 0 Å². The van der Waals surface area contributed by atoms with Crippen LogP contribution in [0.4, 0.5) is 5.69 Å². The number of nitrogens with one attached hydrogen (secondary N) is 1. The Morgan fingerprint density at radius 3 is 2.50 bits per heavy atom. The van der Waals surface area contributed by atoms with Crippen LogP contribution in [0, 0.1) is 0 Å². The van der Waals surface area contributed by atoms with Gasteiger partial charge in [-0.05, 0) is 15.9 Å². The number of halogens is 2. The number of hydrogen-bond donors (Lipinski definition) is 4. The molecule has 0 spiro atoms. The molecule has 0 atom stereocenters. The summed E-state index contributed by atoms with van der Waals surface area (Å²) in [7, 11) is 0. The van der Waals surface area contributed by atoms with Crippen LogP contribution in [0.5, 0.6) is 0 Å². The Bertz CT molecular complexity index is 243. The van der Waals surface area contributed by atoms with Crippen LogP contribution < -0.4 is 23.0 Å². The van der Waals surface area contributed by atoms with Crippen molar-refractivity contribution in [2.24, 2.45) is 17.5 Å². The number of pyridine rings is 1. The lowest BCUT2D eigenvalue weighted by Gasteiger charge is -2.01. The second-order valence-corrected chi connectivity index (χ2v) is 2.87. The molecule has 0 amide bonds. The third-order valence-corrected chi connectivity index (χ3v) is 1.82. The monoisotopic (exact) mass is 253 g/mol. The van der Waals surface area contributed by atoms with Crippen LogP contribution in [0.25, 0.3) is 0 Å². The minimum absolute atomic E-state index is 0.413. The van der Waals surface area contributed by atoms with Crippen LogP contribution >= 0.6 is 27.5 Å². The van der Waals surface area contributed by atoms with Crippen molar-refractivity contribution in [1.82, 2.24) is 4.98 Å². The van der Waals surface area contributed by atoms with E-state index in [1.54, 1.807) is 12.3 Å². The minimum Gasteiger partial charge on any atom is -0.323 e. The van der Waals surface area contributed by atoms with E-state index in [0.29, 0.717) is 5.15 Å². The Hall–Kier alpha value is -0.400. The zero-order valence-electron chi connectivity index (χ0n) is 6.09. The summed E-state index contributed by atoms with van der Waals surface area (Å²) < 4.78 is 0.791. The summed E-state index contributed by atoms with van der Waals surface area (Å²) in [6.07, 6.45) is 1.58. The average Bonchev–Trinajstić information content (AvgIpc) is 2.13. The van der Waals surface area contributed by atoms with Gasteiger partial charge in [0.25, 0.3) is 0 Å². The fraction of sp³-hybridized carbons (Fsp3) is 0. The topological polar surface area (TPSA) is 103 Å². The molecule has 0 fully saturated rings. The van der Waals surface area contributed by atoms with Gasteiger partial charge in [-0.3, -0.25) is 17.5 Å². The molecular formula is C5H9BrClN5. The Morgan fingerprint density at radius 1 is 1.50 bits per heavy atom. The molecule has 12 heavy (non-hydrogen) atoms. The van der Waals surface area contributed by atoms with Gasteiger partial charge in [-0.1, -0.05) is 11.6 Å². The summed E-state index contributed by atoms with van der Waals surface area (Å²) in [5.41, 5.74) is 3.19. The van der Waals surface area contributed by atoms with Crippen molar-refractivity contribution in [3.63, 3.8) is 0 Å². The van der Waals surface area contributed by atoms with Crippen molar-refractivity contribution in [3.05, 3.63) is 21.9 Å². The molecule has 0 aliphatic rings. The smallest absolute Gasteiger partial charge is 0.131 e. The second-order valence-electron chi connectivity index (χ2n) is 1.63. The Morgan fingerprint density at radius 2 is 2.08 bits per heavy atom. The zero-order valence-corrected chi connectivity index (χ0v) is 8.43. The molecule has 0 aliphatic heterocycles. The van der Waals surface area contributed by atoms with Gasteiger partial charge in [0, 0.05) is 12.3 Å². The van der Waals surface area contributed by atoms with E-state index in [9.17, 15) is 0 Å². The first-order valence-electron chi connectivity index (χ1n) is 2.85. The molecule has 5 nitrogen and oxygen atoms in total. The normalized spacial score (nSPS) is 8.42. The Balaban J connectivity index is 0.000000561. The van der Waals surface area contributed by atoms with E-state index in [1.807, 2.05) is 0 Å². The number of nitrogen functional groups attached to an aromatic ring is 1. The largest absolute Gasteiger partial charge is 0.323 e. The SMILES string of the molecule is NN.NNc1cc(Cl)ncc1Br. The lowest BCUT2D eigenvalue weighted by Crippen LogP contribution is -2.07. The molecule has 0 saturated heterocycles. The van der Waals surface area contributed by atoms with Gasteiger partial charge in [-0.2, -0.15) is 0 Å². The number of nitrogens with zero attached hydrogens (tertiary/aromatic N) is 1. The van der Waals surface area contributed by atoms with Crippen LogP contribution in [0.15, 0.2) is 16.7 Å². The number of nitrogens with two attached hydrogens (primary N) is 3. The summed E-state index contributed by atoms with van der Waals surface area (Å²) >= 11 is 8.80. The van der Waals surface area contributed by atoms with E-state index in [2.05, 4.69) is 38.0 Å². The van der Waals surface area contributed by atoms with E-state index in [0.717, 1.165) is 10.2 Å². The molecular weight excluding hydrogens is 245 g/mol. The van der Waals surface area contributed by atoms with E-state index < -0.39 is 0 Å². The second kappa shape index (κ2) is 6.15. The molecule has 0 unspecified atom stereocenters. The van der Waals surface area contributed by atoms with Crippen molar-refractivity contribution < 1.29 is 0 Å². The van der Waals surface area contributed by atoms with Crippen LogP contribution in [-0.2, 0) is 0 Å². The Labute approximate surface area is 83.3 Å². The van der Waals surface area contributed by atoms with Gasteiger partial charge >= 0.3 is 0 Å². The summed E-state index contributed by atoms with van der Waals surface area (Å²) in [6, 6.07) is 1.63. The molecule has 0 radical (unpaired) electrons. The van der Waals surface area contributed by atoms with Gasteiger partial charge in [0.2, 0.25) is 0 Å². The Kier molecular flexibility index (Phi) is 5.95. The molecule has 1 aromatic heterocycles. The highest BCUT2D eigenvalue weighted by atomic mass is 79.9. The van der Waals surface area contributed by atoms with Gasteiger partial charge in [0.05, 0.1) is 10.2 Å². The highest BCUT2D eigenvalue weighted by molar-refractivity contribution is 9.10. The van der Waals surface area contributed by atoms with Crippen LogP contribution in [-0.4, -0.2) is 4.98 Å². The molecule has 0 aromatic carbocycles. The van der Waals surface area contributed by atoms with Crippen LogP contribution in [0.1, 0.15) is 0 Å². The molecule has 68 valence electrons. The first-order valence-corrected chi connectivity index (χ1v) is 4.02. The summed E-state index contributed by atoms with van der Waals surface area (Å²) in [4.78, 5) is 3.81. The van der Waals surface area contributed by atoms with E-state index in [4.69, 9.17) is 17.4 Å². The third kappa shape index (κ3) is 3.33. The van der Waals surface area contributed by atoms with Gasteiger partial charge in [0.1, 0.15) is 5.15 Å². The van der Waals surface area contributed by atoms with Gasteiger partial charge < -0.3 is 5.43 Å². The van der Waals surface area contributed by atoms with Crippen molar-refractivity contribution in [2.75, 3.05) is 5.43 Å². The maximum atomic E-state index is 5.57. The van der Waals surface area contributed by atoms with Gasteiger partial charge in [0.15, 0.2) is 0 Å². The minimum atomic E-state index is 0.413. The highest BCUT2D eigenvalue weighted by Gasteiger charge is 1.97. The first kappa shape index (κ1) is 11.6. The molecule has 0 saturated carbocycles. The zero-order chi connectivity index (χ0) is 9.56. The molecule has 7 heteroatoms. The fourth-order valence-electron chi connectivity index (χ4n) is 0.524. The highest BCUT2D eigenvalue weighted by Crippen LogP contribution is 2.22. The fourth-order valence-corrected chi connectivity index (χ4v) is 1.01. The standard InChI is InChI=1S/C5H5BrClN3.H4N2/c6-3-2-9-5(7)1-4(3)10-8;1-2/h1-2H,8H2,(H,9,10);1-2H2. The quantitative estimate of drug-likeness (QED) is 0.334. The maximum absolute atomic E-state index is 5.57. The number of hydrazine groups is 2. The predicted octanol–water partition coefficient (Wildman–Crippen LogP) is 0.602. The van der Waals surface area contributed by atoms with E-state index in [1.165, 1.54) is 0 Å². The lowest BCUT2D eigenvalue weighted by atomic mass is 10.4. The lowest BCUT2D eigenvalue weighted by molar-refractivity contribution is 1.26. The van der Waals surface area contributed by atoms with E-state index in [-0.39, 0.29) is 0 Å². The number of hydrogen-bond acceptors (Lipinski definition) is 5. The van der Waals surface area contributed by atoms with Crippen molar-refractivity contribution in [3.8, 4) is 0 Å². The first-order chi connectivity index (χ1) is 5.74. The van der Waals surface area contributed by atoms with E-state index >= 15 is 0 Å². The number of rotatable bonds is 1. The molecule has 1 heterocycles. The molecule has 1 rings (SSSR count). The number of aromatic nitrogens is 1. The number of anilines is 1. The van der Waals surface area contributed by atoms with Gasteiger partial charge in [-0.25, -0.2) is 4.98 Å². The summed E-state index contributed by atoms with van der Waals surface area (Å²) in [5, 5.41) is 0.413. The molecule has 7 N–H and O–H groups in total. The third-order valence-electron chi connectivity index (χ3n) is 0.977. The molecule has 1 aromatic rings. The summed E-state index contributed by atoms with van der Waals surface area (Å²) in [6.45, 7) is 0. The summed E-state index contributed by atoms with van der Waals surface area (Å²) in [5.74, 6) is 13.2. The van der Waals surface area contributed by atoms with Crippen molar-refractivity contribution in [1.29, 1.82) is 0 Å². The van der Waals surface area contributed by atoms with Gasteiger partial charge in [-0.15, -0.1) is 0 Å². The maximum Gasteiger partial charge on any atom is 0.131 e. The average molecular weight is 255 g/mol. The van der Waals surface area contributed by atoms with Crippen LogP contribution in [0.2, 0.25) is 5.15 Å². The van der Waals surface area contributed by atoms with Crippen molar-refractivity contribution in [2.45, 2.75) is 0 Å². The predicted molar refractivity (Wildman–Crippen MR) is 53.1 cm³/mol. The van der Waals surface area contributed by atoms with Crippen molar-refractivity contribution >= 4 is 33.2 Å². The molecule has 0 bridgehead atoms. The molecule has 0 aliphatic carbocycles.